The van der Waals surface area contributed by atoms with Gasteiger partial charge >= 0.3 is 0 Å². The van der Waals surface area contributed by atoms with Crippen molar-refractivity contribution in [1.29, 1.82) is 0 Å². The number of fused-ring (bicyclic) bond motifs is 1. The zero-order valence-corrected chi connectivity index (χ0v) is 12.9. The third kappa shape index (κ3) is 2.28. The molecule has 0 amide bonds. The molecule has 0 aliphatic carbocycles. The van der Waals surface area contributed by atoms with Crippen LogP contribution in [0.4, 0.5) is 0 Å². The van der Waals surface area contributed by atoms with Crippen LogP contribution >= 0.6 is 0 Å². The lowest BCUT2D eigenvalue weighted by atomic mass is 9.95. The van der Waals surface area contributed by atoms with Gasteiger partial charge in [0.15, 0.2) is 0 Å². The van der Waals surface area contributed by atoms with Gasteiger partial charge in [0.1, 0.15) is 23.9 Å². The molecule has 2 aliphatic heterocycles. The second-order valence-electron chi connectivity index (χ2n) is 5.54. The van der Waals surface area contributed by atoms with Gasteiger partial charge in [-0.25, -0.2) is 9.98 Å². The minimum atomic E-state index is -0.914. The normalized spacial score (nSPS) is 21.2. The van der Waals surface area contributed by atoms with Gasteiger partial charge in [-0.1, -0.05) is 48.5 Å². The van der Waals surface area contributed by atoms with Gasteiger partial charge in [-0.2, -0.15) is 0 Å². The van der Waals surface area contributed by atoms with Crippen molar-refractivity contribution in [3.8, 4) is 5.75 Å². The van der Waals surface area contributed by atoms with E-state index in [9.17, 15) is 0 Å². The Bertz CT molecular complexity index is 843. The van der Waals surface area contributed by atoms with Gasteiger partial charge in [0.25, 0.3) is 0 Å². The van der Waals surface area contributed by atoms with Crippen molar-refractivity contribution in [2.75, 3.05) is 0 Å². The van der Waals surface area contributed by atoms with E-state index in [0.29, 0.717) is 18.1 Å². The van der Waals surface area contributed by atoms with Crippen molar-refractivity contribution in [2.24, 2.45) is 15.7 Å². The Morgan fingerprint density at radius 1 is 0.917 bits per heavy atom. The van der Waals surface area contributed by atoms with Crippen LogP contribution in [0.3, 0.4) is 0 Å². The van der Waals surface area contributed by atoms with E-state index in [-0.39, 0.29) is 0 Å². The van der Waals surface area contributed by atoms with E-state index in [4.69, 9.17) is 10.5 Å². The topological polar surface area (TPSA) is 84.0 Å². The first-order chi connectivity index (χ1) is 11.8. The van der Waals surface area contributed by atoms with Crippen LogP contribution in [-0.4, -0.2) is 12.7 Å². The Morgan fingerprint density at radius 3 is 2.46 bits per heavy atom. The Balaban J connectivity index is 1.71. The highest BCUT2D eigenvalue weighted by Crippen LogP contribution is 2.42. The molecule has 24 heavy (non-hydrogen) atoms. The molecule has 2 heterocycles. The fraction of sp³-hybridized carbons (Fsp3) is 0.111. The van der Waals surface area contributed by atoms with E-state index in [1.165, 1.54) is 0 Å². The summed E-state index contributed by atoms with van der Waals surface area (Å²) in [6.07, 6.45) is 3.18. The molecular formula is C18H17N5O. The summed E-state index contributed by atoms with van der Waals surface area (Å²) in [5.74, 6) is 1.23. The second kappa shape index (κ2) is 5.73. The molecule has 0 fully saturated rings. The predicted molar refractivity (Wildman–Crippen MR) is 93.4 cm³/mol. The Morgan fingerprint density at radius 2 is 1.62 bits per heavy atom. The third-order valence-corrected chi connectivity index (χ3v) is 4.05. The predicted octanol–water partition coefficient (Wildman–Crippen LogP) is 1.81. The molecule has 6 nitrogen and oxygen atoms in total. The molecule has 0 aromatic heterocycles. The maximum absolute atomic E-state index is 6.06. The SMILES string of the molecule is NC1=C2NC=NC2(c2ccccc2OCc2ccccc2)N=CN1. The van der Waals surface area contributed by atoms with Gasteiger partial charge < -0.3 is 21.1 Å². The minimum Gasteiger partial charge on any atom is -0.488 e. The van der Waals surface area contributed by atoms with Gasteiger partial charge in [-0.15, -0.1) is 0 Å². The van der Waals surface area contributed by atoms with Crippen molar-refractivity contribution in [3.63, 3.8) is 0 Å². The highest BCUT2D eigenvalue weighted by atomic mass is 16.5. The van der Waals surface area contributed by atoms with Crippen molar-refractivity contribution >= 4 is 12.7 Å². The average molecular weight is 319 g/mol. The summed E-state index contributed by atoms with van der Waals surface area (Å²) in [5.41, 5.74) is 7.79. The molecule has 0 saturated carbocycles. The van der Waals surface area contributed by atoms with Gasteiger partial charge in [0.05, 0.1) is 12.7 Å². The largest absolute Gasteiger partial charge is 0.488 e. The van der Waals surface area contributed by atoms with E-state index in [2.05, 4.69) is 20.6 Å². The highest BCUT2D eigenvalue weighted by Gasteiger charge is 2.43. The van der Waals surface area contributed by atoms with Crippen molar-refractivity contribution in [3.05, 3.63) is 77.2 Å². The van der Waals surface area contributed by atoms with Crippen LogP contribution in [-0.2, 0) is 12.3 Å². The Kier molecular flexibility index (Phi) is 3.42. The van der Waals surface area contributed by atoms with Crippen molar-refractivity contribution < 1.29 is 4.74 Å². The monoisotopic (exact) mass is 319 g/mol. The molecule has 0 spiro atoms. The van der Waals surface area contributed by atoms with Crippen LogP contribution in [0, 0.1) is 0 Å². The number of aliphatic imine (C=N–C) groups is 2. The molecule has 4 N–H and O–H groups in total. The quantitative estimate of drug-likeness (QED) is 0.802. The number of nitrogens with two attached hydrogens (primary N) is 1. The summed E-state index contributed by atoms with van der Waals surface area (Å²) < 4.78 is 6.06. The number of rotatable bonds is 4. The molecule has 2 aromatic rings. The lowest BCUT2D eigenvalue weighted by Gasteiger charge is -2.29. The molecule has 0 saturated heterocycles. The number of hydrogen-bond acceptors (Lipinski definition) is 6. The third-order valence-electron chi connectivity index (χ3n) is 4.05. The van der Waals surface area contributed by atoms with Crippen molar-refractivity contribution in [2.45, 2.75) is 12.3 Å². The molecule has 0 radical (unpaired) electrons. The molecule has 2 aromatic carbocycles. The zero-order valence-electron chi connectivity index (χ0n) is 12.9. The first-order valence-corrected chi connectivity index (χ1v) is 7.66. The smallest absolute Gasteiger partial charge is 0.226 e. The number of benzene rings is 2. The van der Waals surface area contributed by atoms with Crippen LogP contribution < -0.4 is 21.1 Å². The van der Waals surface area contributed by atoms with E-state index < -0.39 is 5.66 Å². The number of hydrogen-bond donors (Lipinski definition) is 3. The van der Waals surface area contributed by atoms with Gasteiger partial charge in [-0.05, 0) is 11.6 Å². The van der Waals surface area contributed by atoms with Crippen LogP contribution in [0.25, 0.3) is 0 Å². The summed E-state index contributed by atoms with van der Waals surface area (Å²) in [6.45, 7) is 0.474. The van der Waals surface area contributed by atoms with Crippen molar-refractivity contribution in [1.82, 2.24) is 10.6 Å². The summed E-state index contributed by atoms with van der Waals surface area (Å²) in [7, 11) is 0. The summed E-state index contributed by atoms with van der Waals surface area (Å²) in [6, 6.07) is 17.8. The van der Waals surface area contributed by atoms with Crippen LogP contribution in [0.1, 0.15) is 11.1 Å². The Labute approximate surface area is 139 Å². The molecule has 120 valence electrons. The number of para-hydroxylation sites is 1. The van der Waals surface area contributed by atoms with E-state index in [1.807, 2.05) is 54.6 Å². The molecular weight excluding hydrogens is 302 g/mol. The first-order valence-electron chi connectivity index (χ1n) is 7.66. The number of nitrogens with one attached hydrogen (secondary N) is 2. The molecule has 0 bridgehead atoms. The second-order valence-corrected chi connectivity index (χ2v) is 5.54. The van der Waals surface area contributed by atoms with Crippen LogP contribution in [0.2, 0.25) is 0 Å². The Hall–Kier alpha value is -3.28. The van der Waals surface area contributed by atoms with E-state index in [1.54, 1.807) is 12.7 Å². The molecule has 1 unspecified atom stereocenters. The molecule has 1 atom stereocenters. The fourth-order valence-corrected chi connectivity index (χ4v) is 2.88. The van der Waals surface area contributed by atoms with Crippen LogP contribution in [0.5, 0.6) is 5.75 Å². The van der Waals surface area contributed by atoms with Crippen LogP contribution in [0.15, 0.2) is 76.1 Å². The molecule has 6 heteroatoms. The number of ether oxygens (including phenoxy) is 1. The average Bonchev–Trinajstić information content (AvgIpc) is 3.08. The molecule has 4 rings (SSSR count). The summed E-state index contributed by atoms with van der Waals surface area (Å²) in [4.78, 5) is 9.08. The van der Waals surface area contributed by atoms with E-state index in [0.717, 1.165) is 16.9 Å². The highest BCUT2D eigenvalue weighted by molar-refractivity contribution is 5.73. The lowest BCUT2D eigenvalue weighted by molar-refractivity contribution is 0.297. The fourth-order valence-electron chi connectivity index (χ4n) is 2.88. The maximum Gasteiger partial charge on any atom is 0.226 e. The van der Waals surface area contributed by atoms with Gasteiger partial charge in [0.2, 0.25) is 5.66 Å². The van der Waals surface area contributed by atoms with Gasteiger partial charge in [-0.3, -0.25) is 0 Å². The maximum atomic E-state index is 6.06. The lowest BCUT2D eigenvalue weighted by Crippen LogP contribution is -2.38. The van der Waals surface area contributed by atoms with E-state index >= 15 is 0 Å². The number of nitrogens with zero attached hydrogens (tertiary/aromatic N) is 2. The first kappa shape index (κ1) is 14.3. The van der Waals surface area contributed by atoms with Gasteiger partial charge in [0, 0.05) is 5.56 Å². The minimum absolute atomic E-state index is 0.474. The molecule has 2 aliphatic rings. The zero-order chi connectivity index (χ0) is 16.4. The summed E-state index contributed by atoms with van der Waals surface area (Å²) >= 11 is 0. The summed E-state index contributed by atoms with van der Waals surface area (Å²) in [5, 5.41) is 5.99. The standard InChI is InChI=1S/C18H17N5O/c19-17-16-18(22-11-20-16,23-12-21-17)14-8-4-5-9-15(14)24-10-13-6-2-1-3-7-13/h1-9,11-12H,10,19H2,(H,20,22)(H,21,23).